The van der Waals surface area contributed by atoms with Crippen molar-refractivity contribution in [2.75, 3.05) is 25.0 Å². The lowest BCUT2D eigenvalue weighted by molar-refractivity contribution is 0.182. The maximum Gasteiger partial charge on any atom is 0.321 e. The number of likely N-dealkylation sites (tertiary alicyclic amines) is 1. The van der Waals surface area contributed by atoms with Gasteiger partial charge in [-0.3, -0.25) is 0 Å². The summed E-state index contributed by atoms with van der Waals surface area (Å²) in [4.78, 5) is 14.2. The summed E-state index contributed by atoms with van der Waals surface area (Å²) >= 11 is 0. The Labute approximate surface area is 126 Å². The van der Waals surface area contributed by atoms with Gasteiger partial charge in [-0.05, 0) is 43.4 Å². The number of aliphatic hydroxyl groups excluding tert-OH is 1. The normalized spacial score (nSPS) is 17.9. The summed E-state index contributed by atoms with van der Waals surface area (Å²) in [7, 11) is 0. The molecule has 0 spiro atoms. The van der Waals surface area contributed by atoms with Gasteiger partial charge < -0.3 is 15.3 Å². The molecule has 0 saturated carbocycles. The number of anilines is 1. The van der Waals surface area contributed by atoms with Crippen molar-refractivity contribution in [3.8, 4) is 11.8 Å². The van der Waals surface area contributed by atoms with Gasteiger partial charge in [-0.2, -0.15) is 0 Å². The van der Waals surface area contributed by atoms with E-state index in [4.69, 9.17) is 5.11 Å². The van der Waals surface area contributed by atoms with E-state index in [0.29, 0.717) is 11.6 Å². The molecule has 1 saturated heterocycles. The Kier molecular flexibility index (Phi) is 5.24. The van der Waals surface area contributed by atoms with Crippen LogP contribution in [0, 0.1) is 24.7 Å². The van der Waals surface area contributed by atoms with E-state index in [-0.39, 0.29) is 12.6 Å². The number of rotatable bonds is 1. The second kappa shape index (κ2) is 7.14. The number of urea groups is 1. The van der Waals surface area contributed by atoms with Crippen LogP contribution in [0.3, 0.4) is 0 Å². The monoisotopic (exact) mass is 286 g/mol. The minimum Gasteiger partial charge on any atom is -0.384 e. The van der Waals surface area contributed by atoms with Crippen LogP contribution in [0.4, 0.5) is 10.5 Å². The number of hydrogen-bond donors (Lipinski definition) is 2. The highest BCUT2D eigenvalue weighted by Crippen LogP contribution is 2.20. The number of piperidine rings is 1. The van der Waals surface area contributed by atoms with E-state index in [9.17, 15) is 4.79 Å². The predicted molar refractivity (Wildman–Crippen MR) is 84.1 cm³/mol. The quantitative estimate of drug-likeness (QED) is 0.780. The van der Waals surface area contributed by atoms with E-state index >= 15 is 0 Å². The van der Waals surface area contributed by atoms with Crippen molar-refractivity contribution < 1.29 is 9.90 Å². The first-order valence-corrected chi connectivity index (χ1v) is 7.36. The lowest BCUT2D eigenvalue weighted by Gasteiger charge is -2.31. The topological polar surface area (TPSA) is 52.6 Å². The number of nitrogens with one attached hydrogen (secondary N) is 1. The molecule has 1 atom stereocenters. The SMILES string of the molecule is Cc1ccc(C#CCO)c(NC(=O)N2CCCC(C)C2)c1. The number of benzene rings is 1. The molecule has 112 valence electrons. The Hall–Kier alpha value is -1.99. The molecule has 4 heteroatoms. The van der Waals surface area contributed by atoms with E-state index in [1.807, 2.05) is 30.0 Å². The first kappa shape index (κ1) is 15.4. The zero-order valence-electron chi connectivity index (χ0n) is 12.6. The number of aliphatic hydroxyl groups is 1. The van der Waals surface area contributed by atoms with Crippen molar-refractivity contribution in [2.24, 2.45) is 5.92 Å². The predicted octanol–water partition coefficient (Wildman–Crippen LogP) is 2.60. The number of carbonyl (C=O) groups is 1. The van der Waals surface area contributed by atoms with Crippen molar-refractivity contribution in [3.63, 3.8) is 0 Å². The van der Waals surface area contributed by atoms with Crippen molar-refractivity contribution in [1.82, 2.24) is 4.90 Å². The second-order valence-electron chi connectivity index (χ2n) is 5.63. The van der Waals surface area contributed by atoms with Crippen LogP contribution >= 0.6 is 0 Å². The summed E-state index contributed by atoms with van der Waals surface area (Å²) in [5, 5.41) is 11.8. The third-order valence-electron chi connectivity index (χ3n) is 3.66. The van der Waals surface area contributed by atoms with Crippen LogP contribution in [0.15, 0.2) is 18.2 Å². The van der Waals surface area contributed by atoms with Crippen LogP contribution in [0.1, 0.15) is 30.9 Å². The maximum absolute atomic E-state index is 12.4. The van der Waals surface area contributed by atoms with Crippen LogP contribution in [0.25, 0.3) is 0 Å². The molecule has 4 nitrogen and oxygen atoms in total. The van der Waals surface area contributed by atoms with Crippen LogP contribution in [-0.2, 0) is 0 Å². The molecule has 1 fully saturated rings. The third-order valence-corrected chi connectivity index (χ3v) is 3.66. The molecule has 1 unspecified atom stereocenters. The van der Waals surface area contributed by atoms with Gasteiger partial charge >= 0.3 is 6.03 Å². The van der Waals surface area contributed by atoms with Gasteiger partial charge in [0.05, 0.1) is 5.69 Å². The minimum absolute atomic E-state index is 0.0702. The van der Waals surface area contributed by atoms with Crippen LogP contribution in [-0.4, -0.2) is 35.7 Å². The third kappa shape index (κ3) is 4.24. The van der Waals surface area contributed by atoms with Gasteiger partial charge in [0.25, 0.3) is 0 Å². The van der Waals surface area contributed by atoms with Gasteiger partial charge in [-0.15, -0.1) is 0 Å². The first-order valence-electron chi connectivity index (χ1n) is 7.36. The lowest BCUT2D eigenvalue weighted by Crippen LogP contribution is -2.41. The van der Waals surface area contributed by atoms with E-state index in [1.165, 1.54) is 6.42 Å². The highest BCUT2D eigenvalue weighted by Gasteiger charge is 2.21. The molecule has 1 aliphatic rings. The molecule has 1 aromatic carbocycles. The molecule has 21 heavy (non-hydrogen) atoms. The fourth-order valence-corrected chi connectivity index (χ4v) is 2.57. The minimum atomic E-state index is -0.190. The summed E-state index contributed by atoms with van der Waals surface area (Å²) in [5.74, 6) is 6.05. The molecule has 0 bridgehead atoms. The molecule has 2 N–H and O–H groups in total. The van der Waals surface area contributed by atoms with Gasteiger partial charge in [0, 0.05) is 18.7 Å². The van der Waals surface area contributed by atoms with E-state index in [2.05, 4.69) is 24.1 Å². The Balaban J connectivity index is 2.14. The number of carbonyl (C=O) groups excluding carboxylic acids is 1. The van der Waals surface area contributed by atoms with Gasteiger partial charge in [-0.25, -0.2) is 4.79 Å². The van der Waals surface area contributed by atoms with Crippen molar-refractivity contribution in [3.05, 3.63) is 29.3 Å². The van der Waals surface area contributed by atoms with E-state index in [1.54, 1.807) is 0 Å². The molecule has 2 amide bonds. The van der Waals surface area contributed by atoms with Crippen molar-refractivity contribution in [1.29, 1.82) is 0 Å². The zero-order chi connectivity index (χ0) is 15.2. The fourth-order valence-electron chi connectivity index (χ4n) is 2.57. The molecule has 0 aromatic heterocycles. The summed E-state index contributed by atoms with van der Waals surface area (Å²) in [5.41, 5.74) is 2.50. The van der Waals surface area contributed by atoms with Gasteiger partial charge in [0.1, 0.15) is 6.61 Å². The van der Waals surface area contributed by atoms with Crippen LogP contribution in [0.2, 0.25) is 0 Å². The van der Waals surface area contributed by atoms with Crippen LogP contribution < -0.4 is 5.32 Å². The van der Waals surface area contributed by atoms with Crippen molar-refractivity contribution >= 4 is 11.7 Å². The number of nitrogens with zero attached hydrogens (tertiary/aromatic N) is 1. The standard InChI is InChI=1S/C17H22N2O2/c1-13-7-8-15(6-4-10-20)16(11-13)18-17(21)19-9-3-5-14(2)12-19/h7-8,11,14,20H,3,5,9-10,12H2,1-2H3,(H,18,21). The Morgan fingerprint density at radius 3 is 3.05 bits per heavy atom. The molecular weight excluding hydrogens is 264 g/mol. The summed E-state index contributed by atoms with van der Waals surface area (Å²) in [6.07, 6.45) is 2.24. The lowest BCUT2D eigenvalue weighted by atomic mass is 10.0. The van der Waals surface area contributed by atoms with Crippen LogP contribution in [0.5, 0.6) is 0 Å². The van der Waals surface area contributed by atoms with Crippen molar-refractivity contribution in [2.45, 2.75) is 26.7 Å². The molecule has 2 rings (SSSR count). The first-order chi connectivity index (χ1) is 10.1. The summed E-state index contributed by atoms with van der Waals surface area (Å²) < 4.78 is 0. The fraction of sp³-hybridized carbons (Fsp3) is 0.471. The van der Waals surface area contributed by atoms with Gasteiger partial charge in [0.15, 0.2) is 0 Å². The largest absolute Gasteiger partial charge is 0.384 e. The molecule has 1 heterocycles. The number of amides is 2. The maximum atomic E-state index is 12.4. The molecule has 0 aliphatic carbocycles. The second-order valence-corrected chi connectivity index (χ2v) is 5.63. The van der Waals surface area contributed by atoms with E-state index < -0.39 is 0 Å². The Morgan fingerprint density at radius 1 is 1.52 bits per heavy atom. The zero-order valence-corrected chi connectivity index (χ0v) is 12.6. The summed E-state index contributed by atoms with van der Waals surface area (Å²) in [6, 6.07) is 5.65. The smallest absolute Gasteiger partial charge is 0.321 e. The number of aryl methyl sites for hydroxylation is 1. The molecule has 0 radical (unpaired) electrons. The number of hydrogen-bond acceptors (Lipinski definition) is 2. The van der Waals surface area contributed by atoms with Gasteiger partial charge in [-0.1, -0.05) is 24.8 Å². The highest BCUT2D eigenvalue weighted by atomic mass is 16.2. The Bertz CT molecular complexity index is 572. The highest BCUT2D eigenvalue weighted by molar-refractivity contribution is 5.91. The molecule has 1 aromatic rings. The van der Waals surface area contributed by atoms with E-state index in [0.717, 1.165) is 30.6 Å². The average Bonchev–Trinajstić information content (AvgIpc) is 2.46. The summed E-state index contributed by atoms with van der Waals surface area (Å²) in [6.45, 7) is 5.56. The molecular formula is C17H22N2O2. The molecule has 1 aliphatic heterocycles. The van der Waals surface area contributed by atoms with Gasteiger partial charge in [0.2, 0.25) is 0 Å². The average molecular weight is 286 g/mol. The Morgan fingerprint density at radius 2 is 2.33 bits per heavy atom.